The van der Waals surface area contributed by atoms with Gasteiger partial charge in [0.1, 0.15) is 0 Å². The van der Waals surface area contributed by atoms with Crippen molar-refractivity contribution < 1.29 is 13.2 Å². The topological polar surface area (TPSA) is 88.2 Å². The predicted octanol–water partition coefficient (Wildman–Crippen LogP) is 1.47. The van der Waals surface area contributed by atoms with Gasteiger partial charge in [-0.1, -0.05) is 35.9 Å². The first-order valence-corrected chi connectivity index (χ1v) is 8.86. The van der Waals surface area contributed by atoms with E-state index in [0.29, 0.717) is 17.1 Å². The van der Waals surface area contributed by atoms with Crippen molar-refractivity contribution in [3.8, 4) is 0 Å². The number of aromatic nitrogens is 1. The lowest BCUT2D eigenvalue weighted by Crippen LogP contribution is -2.37. The van der Waals surface area contributed by atoms with E-state index in [1.165, 1.54) is 0 Å². The van der Waals surface area contributed by atoms with Crippen LogP contribution < -0.4 is 10.0 Å². The van der Waals surface area contributed by atoms with Crippen LogP contribution in [-0.4, -0.2) is 25.9 Å². The number of pyridine rings is 1. The first-order chi connectivity index (χ1) is 11.0. The van der Waals surface area contributed by atoms with Gasteiger partial charge in [-0.15, -0.1) is 0 Å². The van der Waals surface area contributed by atoms with Gasteiger partial charge in [-0.05, 0) is 23.3 Å². The minimum atomic E-state index is -3.64. The van der Waals surface area contributed by atoms with Crippen LogP contribution in [0.5, 0.6) is 0 Å². The fourth-order valence-electron chi connectivity index (χ4n) is 1.81. The van der Waals surface area contributed by atoms with Crippen LogP contribution >= 0.6 is 11.6 Å². The molecule has 0 aliphatic heterocycles. The highest BCUT2D eigenvalue weighted by atomic mass is 35.5. The highest BCUT2D eigenvalue weighted by Crippen LogP contribution is 2.16. The van der Waals surface area contributed by atoms with Gasteiger partial charge in [0.2, 0.25) is 15.9 Å². The molecule has 1 aromatic carbocycles. The summed E-state index contributed by atoms with van der Waals surface area (Å²) in [6.07, 6.45) is 3.26. The summed E-state index contributed by atoms with van der Waals surface area (Å²) in [4.78, 5) is 15.6. The molecule has 0 unspecified atom stereocenters. The van der Waals surface area contributed by atoms with Crippen molar-refractivity contribution in [1.29, 1.82) is 0 Å². The number of halogens is 1. The van der Waals surface area contributed by atoms with Crippen LogP contribution in [0.4, 0.5) is 0 Å². The van der Waals surface area contributed by atoms with Crippen LogP contribution in [0, 0.1) is 0 Å². The summed E-state index contributed by atoms with van der Waals surface area (Å²) in [7, 11) is -3.64. The third-order valence-electron chi connectivity index (χ3n) is 2.97. The summed E-state index contributed by atoms with van der Waals surface area (Å²) in [6, 6.07) is 10.2. The molecule has 0 radical (unpaired) electrons. The van der Waals surface area contributed by atoms with Crippen LogP contribution in [-0.2, 0) is 27.1 Å². The zero-order valence-electron chi connectivity index (χ0n) is 12.2. The molecular weight excluding hydrogens is 338 g/mol. The summed E-state index contributed by atoms with van der Waals surface area (Å²) in [5.74, 6) is -0.695. The summed E-state index contributed by atoms with van der Waals surface area (Å²) in [5.41, 5.74) is 1.32. The maximum absolute atomic E-state index is 12.0. The fraction of sp³-hybridized carbons (Fsp3) is 0.200. The monoisotopic (exact) mass is 353 g/mol. The van der Waals surface area contributed by atoms with Gasteiger partial charge in [-0.2, -0.15) is 0 Å². The van der Waals surface area contributed by atoms with E-state index in [9.17, 15) is 13.2 Å². The number of carbonyl (C=O) groups excluding carboxylic acids is 1. The highest BCUT2D eigenvalue weighted by molar-refractivity contribution is 7.88. The molecule has 122 valence electrons. The van der Waals surface area contributed by atoms with E-state index in [0.717, 1.165) is 5.56 Å². The quantitative estimate of drug-likeness (QED) is 0.789. The van der Waals surface area contributed by atoms with Crippen molar-refractivity contribution >= 4 is 27.5 Å². The zero-order valence-corrected chi connectivity index (χ0v) is 13.8. The van der Waals surface area contributed by atoms with Gasteiger partial charge in [0.05, 0.1) is 12.3 Å². The maximum atomic E-state index is 12.0. The van der Waals surface area contributed by atoms with Crippen LogP contribution in [0.3, 0.4) is 0 Å². The average molecular weight is 354 g/mol. The Kier molecular flexibility index (Phi) is 6.09. The van der Waals surface area contributed by atoms with Gasteiger partial charge in [-0.25, -0.2) is 13.1 Å². The van der Waals surface area contributed by atoms with Gasteiger partial charge >= 0.3 is 0 Å². The Morgan fingerprint density at radius 1 is 1.17 bits per heavy atom. The Hall–Kier alpha value is -1.96. The largest absolute Gasteiger partial charge is 0.351 e. The number of carbonyl (C=O) groups is 1. The molecule has 6 nitrogen and oxygen atoms in total. The number of hydrogen-bond acceptors (Lipinski definition) is 4. The van der Waals surface area contributed by atoms with Crippen molar-refractivity contribution in [2.75, 3.05) is 6.54 Å². The molecule has 23 heavy (non-hydrogen) atoms. The van der Waals surface area contributed by atoms with Gasteiger partial charge in [0, 0.05) is 24.0 Å². The lowest BCUT2D eigenvalue weighted by Gasteiger charge is -2.08. The van der Waals surface area contributed by atoms with Crippen LogP contribution in [0.15, 0.2) is 48.8 Å². The molecule has 0 fully saturated rings. The van der Waals surface area contributed by atoms with Gasteiger partial charge in [-0.3, -0.25) is 9.78 Å². The second-order valence-corrected chi connectivity index (χ2v) is 7.02. The Balaban J connectivity index is 1.82. The Bertz CT molecular complexity index is 767. The highest BCUT2D eigenvalue weighted by Gasteiger charge is 2.15. The number of amides is 1. The molecule has 2 aromatic rings. The lowest BCUT2D eigenvalue weighted by molar-refractivity contribution is -0.120. The smallest absolute Gasteiger partial charge is 0.235 e. The fourth-order valence-corrected chi connectivity index (χ4v) is 3.21. The molecule has 0 saturated carbocycles. The molecule has 2 N–H and O–H groups in total. The van der Waals surface area contributed by atoms with Crippen molar-refractivity contribution in [2.24, 2.45) is 0 Å². The molecule has 0 bridgehead atoms. The predicted molar refractivity (Wildman–Crippen MR) is 88.2 cm³/mol. The molecule has 0 aliphatic carbocycles. The van der Waals surface area contributed by atoms with E-state index < -0.39 is 15.9 Å². The van der Waals surface area contributed by atoms with E-state index in [2.05, 4.69) is 15.0 Å². The Labute approximate surface area is 139 Å². The van der Waals surface area contributed by atoms with Gasteiger partial charge in [0.25, 0.3) is 0 Å². The Morgan fingerprint density at radius 3 is 2.65 bits per heavy atom. The molecular formula is C15H16ClN3O3S. The number of rotatable bonds is 7. The van der Waals surface area contributed by atoms with E-state index in [4.69, 9.17) is 11.6 Å². The molecule has 1 heterocycles. The molecule has 8 heteroatoms. The number of nitrogens with one attached hydrogen (secondary N) is 2. The first kappa shape index (κ1) is 17.4. The molecule has 0 atom stereocenters. The summed E-state index contributed by atoms with van der Waals surface area (Å²) in [6.45, 7) is -0.0358. The summed E-state index contributed by atoms with van der Waals surface area (Å²) >= 11 is 5.93. The molecule has 2 rings (SSSR count). The van der Waals surface area contributed by atoms with Crippen LogP contribution in [0.25, 0.3) is 0 Å². The first-order valence-electron chi connectivity index (χ1n) is 6.82. The zero-order chi connectivity index (χ0) is 16.7. The second kappa shape index (κ2) is 8.05. The Morgan fingerprint density at radius 2 is 1.96 bits per heavy atom. The number of nitrogens with zero attached hydrogens (tertiary/aromatic N) is 1. The molecule has 1 aromatic heterocycles. The van der Waals surface area contributed by atoms with Crippen LogP contribution in [0.2, 0.25) is 5.02 Å². The normalized spacial score (nSPS) is 11.2. The number of benzene rings is 1. The average Bonchev–Trinajstić information content (AvgIpc) is 2.54. The standard InChI is InChI=1S/C15H16ClN3O3S/c16-14-6-2-1-5-13(14)11-23(21,22)19-10-15(20)18-9-12-4-3-7-17-8-12/h1-8,19H,9-11H2,(H,18,20). The lowest BCUT2D eigenvalue weighted by atomic mass is 10.2. The molecule has 0 saturated heterocycles. The molecule has 0 spiro atoms. The summed E-state index contributed by atoms with van der Waals surface area (Å²) in [5, 5.41) is 2.99. The van der Waals surface area contributed by atoms with E-state index in [1.807, 2.05) is 6.07 Å². The SMILES string of the molecule is O=C(CNS(=O)(=O)Cc1ccccc1Cl)NCc1cccnc1. The summed E-state index contributed by atoms with van der Waals surface area (Å²) < 4.78 is 26.2. The van der Waals surface area contributed by atoms with E-state index >= 15 is 0 Å². The van der Waals surface area contributed by atoms with Crippen molar-refractivity contribution in [3.05, 3.63) is 64.9 Å². The van der Waals surface area contributed by atoms with Crippen molar-refractivity contribution in [1.82, 2.24) is 15.0 Å². The van der Waals surface area contributed by atoms with Gasteiger partial charge in [0.15, 0.2) is 0 Å². The minimum absolute atomic E-state index is 0.275. The second-order valence-electron chi connectivity index (χ2n) is 4.81. The molecule has 1 amide bonds. The third kappa shape index (κ3) is 5.97. The maximum Gasteiger partial charge on any atom is 0.235 e. The van der Waals surface area contributed by atoms with Gasteiger partial charge < -0.3 is 5.32 Å². The van der Waals surface area contributed by atoms with E-state index in [-0.39, 0.29) is 12.3 Å². The van der Waals surface area contributed by atoms with Crippen molar-refractivity contribution in [2.45, 2.75) is 12.3 Å². The van der Waals surface area contributed by atoms with Crippen molar-refractivity contribution in [3.63, 3.8) is 0 Å². The van der Waals surface area contributed by atoms with Crippen LogP contribution in [0.1, 0.15) is 11.1 Å². The van der Waals surface area contributed by atoms with E-state index in [1.54, 1.807) is 42.7 Å². The number of hydrogen-bond donors (Lipinski definition) is 2. The minimum Gasteiger partial charge on any atom is -0.351 e. The number of sulfonamides is 1. The molecule has 0 aliphatic rings. The third-order valence-corrected chi connectivity index (χ3v) is 4.61.